The van der Waals surface area contributed by atoms with Crippen LogP contribution in [0.3, 0.4) is 0 Å². The van der Waals surface area contributed by atoms with E-state index < -0.39 is 38.4 Å². The van der Waals surface area contributed by atoms with Gasteiger partial charge >= 0.3 is 0 Å². The molecule has 7 nitrogen and oxygen atoms in total. The Kier molecular flexibility index (Phi) is 7.24. The first-order valence-corrected chi connectivity index (χ1v) is 13.6. The molecular weight excluding hydrogens is 460 g/mol. The number of carbonyl (C=O) groups excluding carboxylic acids is 1. The molecule has 0 aliphatic rings. The fourth-order valence-corrected chi connectivity index (χ4v) is 5.50. The summed E-state index contributed by atoms with van der Waals surface area (Å²) in [6.07, 6.45) is 1.13. The number of anilines is 1. The highest BCUT2D eigenvalue weighted by Gasteiger charge is 2.28. The highest BCUT2D eigenvalue weighted by atomic mass is 32.2. The third-order valence-corrected chi connectivity index (χ3v) is 8.09. The number of hydrogen-bond donors (Lipinski definition) is 1. The molecule has 0 unspecified atom stereocenters. The first kappa shape index (κ1) is 24.5. The first-order valence-electron chi connectivity index (χ1n) is 10.2. The summed E-state index contributed by atoms with van der Waals surface area (Å²) in [7, 11) is -7.31. The predicted molar refractivity (Wildman–Crippen MR) is 128 cm³/mol. The Balaban J connectivity index is 1.86. The van der Waals surface area contributed by atoms with E-state index in [9.17, 15) is 21.6 Å². The molecule has 1 N–H and O–H groups in total. The van der Waals surface area contributed by atoms with Crippen LogP contribution in [0.4, 0.5) is 5.69 Å². The summed E-state index contributed by atoms with van der Waals surface area (Å²) >= 11 is 0. The van der Waals surface area contributed by atoms with Gasteiger partial charge in [-0.1, -0.05) is 48.5 Å². The molecule has 33 heavy (non-hydrogen) atoms. The lowest BCUT2D eigenvalue weighted by Crippen LogP contribution is -2.41. The van der Waals surface area contributed by atoms with Crippen molar-refractivity contribution in [3.05, 3.63) is 90.0 Å². The highest BCUT2D eigenvalue weighted by molar-refractivity contribution is 7.93. The van der Waals surface area contributed by atoms with E-state index in [1.807, 2.05) is 0 Å². The maximum Gasteiger partial charge on any atom is 0.264 e. The standard InChI is InChI=1S/C24H26N2O5S2/c1-18-9-7-8-12-23(18)26(33(30,31)22-10-5-4-6-11-22)17-24(27)25-19(2)20-13-15-21(16-14-20)32(3,28)29/h4-16,19H,17H2,1-3H3,(H,25,27)/t19-/m1/s1. The van der Waals surface area contributed by atoms with Crippen molar-refractivity contribution in [3.8, 4) is 0 Å². The Hall–Kier alpha value is -3.17. The van der Waals surface area contributed by atoms with Crippen LogP contribution in [0.25, 0.3) is 0 Å². The molecule has 0 bridgehead atoms. The van der Waals surface area contributed by atoms with Crippen molar-refractivity contribution in [1.29, 1.82) is 0 Å². The third-order valence-electron chi connectivity index (χ3n) is 5.19. The molecule has 0 fully saturated rings. The van der Waals surface area contributed by atoms with E-state index in [1.165, 1.54) is 24.3 Å². The van der Waals surface area contributed by atoms with Crippen LogP contribution in [0.15, 0.2) is 88.7 Å². The van der Waals surface area contributed by atoms with Crippen molar-refractivity contribution in [2.45, 2.75) is 29.7 Å². The molecule has 0 spiro atoms. The van der Waals surface area contributed by atoms with Gasteiger partial charge in [0, 0.05) is 6.26 Å². The van der Waals surface area contributed by atoms with Gasteiger partial charge in [0.2, 0.25) is 5.91 Å². The second kappa shape index (κ2) is 9.76. The van der Waals surface area contributed by atoms with Gasteiger partial charge in [0.05, 0.1) is 21.5 Å². The maximum atomic E-state index is 13.4. The van der Waals surface area contributed by atoms with Crippen molar-refractivity contribution < 1.29 is 21.6 Å². The number of aryl methyl sites for hydroxylation is 1. The Morgan fingerprint density at radius 3 is 2.00 bits per heavy atom. The molecule has 3 rings (SSSR count). The molecule has 0 saturated carbocycles. The highest BCUT2D eigenvalue weighted by Crippen LogP contribution is 2.26. The number of hydrogen-bond acceptors (Lipinski definition) is 5. The average molecular weight is 487 g/mol. The summed E-state index contributed by atoms with van der Waals surface area (Å²) in [6.45, 7) is 3.12. The number of para-hydroxylation sites is 1. The minimum atomic E-state index is -3.99. The summed E-state index contributed by atoms with van der Waals surface area (Å²) in [5.41, 5.74) is 1.83. The quantitative estimate of drug-likeness (QED) is 0.525. The van der Waals surface area contributed by atoms with Gasteiger partial charge in [-0.05, 0) is 55.3 Å². The molecule has 0 aliphatic carbocycles. The van der Waals surface area contributed by atoms with Crippen LogP contribution in [0.2, 0.25) is 0 Å². The van der Waals surface area contributed by atoms with Crippen LogP contribution < -0.4 is 9.62 Å². The largest absolute Gasteiger partial charge is 0.348 e. The minimum absolute atomic E-state index is 0.0884. The zero-order valence-electron chi connectivity index (χ0n) is 18.6. The van der Waals surface area contributed by atoms with Gasteiger partial charge in [-0.2, -0.15) is 0 Å². The van der Waals surface area contributed by atoms with Crippen molar-refractivity contribution in [3.63, 3.8) is 0 Å². The van der Waals surface area contributed by atoms with Gasteiger partial charge in [-0.15, -0.1) is 0 Å². The number of nitrogens with zero attached hydrogens (tertiary/aromatic N) is 1. The lowest BCUT2D eigenvalue weighted by atomic mass is 10.1. The van der Waals surface area contributed by atoms with Crippen molar-refractivity contribution >= 4 is 31.5 Å². The molecule has 0 aliphatic heterocycles. The normalized spacial score (nSPS) is 12.7. The van der Waals surface area contributed by atoms with Crippen LogP contribution in [-0.4, -0.2) is 35.5 Å². The van der Waals surface area contributed by atoms with E-state index in [4.69, 9.17) is 0 Å². The van der Waals surface area contributed by atoms with Gasteiger partial charge in [-0.25, -0.2) is 16.8 Å². The second-order valence-electron chi connectivity index (χ2n) is 7.74. The van der Waals surface area contributed by atoms with Crippen molar-refractivity contribution in [1.82, 2.24) is 5.32 Å². The average Bonchev–Trinajstić information content (AvgIpc) is 2.78. The smallest absolute Gasteiger partial charge is 0.264 e. The van der Waals surface area contributed by atoms with E-state index in [2.05, 4.69) is 5.32 Å². The number of nitrogens with one attached hydrogen (secondary N) is 1. The van der Waals surface area contributed by atoms with Gasteiger partial charge in [-0.3, -0.25) is 9.10 Å². The van der Waals surface area contributed by atoms with E-state index in [0.717, 1.165) is 10.6 Å². The lowest BCUT2D eigenvalue weighted by Gasteiger charge is -2.26. The molecule has 0 saturated heterocycles. The number of rotatable bonds is 8. The number of sulfonamides is 1. The first-order chi connectivity index (χ1) is 15.5. The monoisotopic (exact) mass is 486 g/mol. The molecule has 3 aromatic rings. The Labute approximate surface area is 195 Å². The number of carbonyl (C=O) groups is 1. The fourth-order valence-electron chi connectivity index (χ4n) is 3.37. The van der Waals surface area contributed by atoms with Crippen LogP contribution in [-0.2, 0) is 24.7 Å². The fraction of sp³-hybridized carbons (Fsp3) is 0.208. The predicted octanol–water partition coefficient (Wildman–Crippen LogP) is 3.47. The van der Waals surface area contributed by atoms with Gasteiger partial charge < -0.3 is 5.32 Å². The van der Waals surface area contributed by atoms with Crippen molar-refractivity contribution in [2.75, 3.05) is 17.1 Å². The summed E-state index contributed by atoms with van der Waals surface area (Å²) < 4.78 is 51.2. The number of amides is 1. The molecule has 0 radical (unpaired) electrons. The lowest BCUT2D eigenvalue weighted by molar-refractivity contribution is -0.120. The molecule has 0 aromatic heterocycles. The molecule has 1 atom stereocenters. The van der Waals surface area contributed by atoms with Crippen LogP contribution in [0, 0.1) is 6.92 Å². The third kappa shape index (κ3) is 5.80. The van der Waals surface area contributed by atoms with Crippen LogP contribution in [0.1, 0.15) is 24.1 Å². The van der Waals surface area contributed by atoms with Gasteiger partial charge in [0.15, 0.2) is 9.84 Å². The zero-order valence-corrected chi connectivity index (χ0v) is 20.2. The van der Waals surface area contributed by atoms with Crippen LogP contribution in [0.5, 0.6) is 0 Å². The Morgan fingerprint density at radius 2 is 1.42 bits per heavy atom. The topological polar surface area (TPSA) is 101 Å². The zero-order chi connectivity index (χ0) is 24.2. The summed E-state index contributed by atoms with van der Waals surface area (Å²) in [5, 5.41) is 2.80. The van der Waals surface area contributed by atoms with Gasteiger partial charge in [0.25, 0.3) is 10.0 Å². The number of sulfone groups is 1. The molecule has 0 heterocycles. The SMILES string of the molecule is Cc1ccccc1N(CC(=O)N[C@H](C)c1ccc(S(C)(=O)=O)cc1)S(=O)(=O)c1ccccc1. The molecule has 174 valence electrons. The summed E-state index contributed by atoms with van der Waals surface area (Å²) in [6, 6.07) is 20.7. The molecule has 1 amide bonds. The van der Waals surface area contributed by atoms with E-state index in [0.29, 0.717) is 16.8 Å². The van der Waals surface area contributed by atoms with Gasteiger partial charge in [0.1, 0.15) is 6.54 Å². The number of benzene rings is 3. The minimum Gasteiger partial charge on any atom is -0.348 e. The summed E-state index contributed by atoms with van der Waals surface area (Å²) in [4.78, 5) is 13.2. The molecular formula is C24H26N2O5S2. The van der Waals surface area contributed by atoms with Crippen molar-refractivity contribution in [2.24, 2.45) is 0 Å². The van der Waals surface area contributed by atoms with E-state index in [-0.39, 0.29) is 9.79 Å². The maximum absolute atomic E-state index is 13.4. The Bertz CT molecular complexity index is 1340. The molecule has 9 heteroatoms. The van der Waals surface area contributed by atoms with E-state index in [1.54, 1.807) is 68.4 Å². The summed E-state index contributed by atoms with van der Waals surface area (Å²) in [5.74, 6) is -0.488. The van der Waals surface area contributed by atoms with Crippen LogP contribution >= 0.6 is 0 Å². The molecule has 3 aromatic carbocycles. The Morgan fingerprint density at radius 1 is 0.848 bits per heavy atom. The second-order valence-corrected chi connectivity index (χ2v) is 11.6. The van der Waals surface area contributed by atoms with E-state index >= 15 is 0 Å².